The summed E-state index contributed by atoms with van der Waals surface area (Å²) in [6, 6.07) is 0. The topological polar surface area (TPSA) is 58.9 Å². The second-order valence-electron chi connectivity index (χ2n) is 12.1. The highest BCUT2D eigenvalue weighted by Crippen LogP contribution is 2.46. The Kier molecular flexibility index (Phi) is 10.6. The van der Waals surface area contributed by atoms with Crippen LogP contribution in [0.1, 0.15) is 120 Å². The minimum Gasteiger partial charge on any atom is -0.390 e. The SMILES string of the molecule is CC(C)=CCC/C(C)=C/CC/C(C)=C/CC[C@@H](O)[C@]1(C)CC[C@@H]([C@]2(C)CC[C@H](C(C)(C)O)O2)O1. The summed E-state index contributed by atoms with van der Waals surface area (Å²) < 4.78 is 12.8. The van der Waals surface area contributed by atoms with Gasteiger partial charge < -0.3 is 19.7 Å². The quantitative estimate of drug-likeness (QED) is 0.293. The van der Waals surface area contributed by atoms with Gasteiger partial charge in [0.1, 0.15) is 0 Å². The number of aliphatic hydroxyl groups excluding tert-OH is 1. The van der Waals surface area contributed by atoms with E-state index < -0.39 is 22.9 Å². The number of hydrogen-bond acceptors (Lipinski definition) is 4. The molecule has 2 N–H and O–H groups in total. The fourth-order valence-corrected chi connectivity index (χ4v) is 5.26. The molecule has 0 saturated carbocycles. The van der Waals surface area contributed by atoms with Crippen LogP contribution in [-0.2, 0) is 9.47 Å². The van der Waals surface area contributed by atoms with Gasteiger partial charge in [-0.15, -0.1) is 0 Å². The van der Waals surface area contributed by atoms with E-state index in [4.69, 9.17) is 9.47 Å². The third-order valence-electron chi connectivity index (χ3n) is 7.86. The van der Waals surface area contributed by atoms with Crippen LogP contribution in [0.4, 0.5) is 0 Å². The molecule has 0 spiro atoms. The number of allylic oxidation sites excluding steroid dienone is 6. The van der Waals surface area contributed by atoms with Crippen molar-refractivity contribution in [1.29, 1.82) is 0 Å². The van der Waals surface area contributed by atoms with E-state index in [1.165, 1.54) is 16.7 Å². The summed E-state index contributed by atoms with van der Waals surface area (Å²) in [7, 11) is 0. The zero-order valence-electron chi connectivity index (χ0n) is 23.2. The predicted octanol–water partition coefficient (Wildman–Crippen LogP) is 7.19. The number of aliphatic hydroxyl groups is 2. The summed E-state index contributed by atoms with van der Waals surface area (Å²) in [5.41, 5.74) is 2.48. The molecule has 4 nitrogen and oxygen atoms in total. The zero-order valence-corrected chi connectivity index (χ0v) is 23.2. The van der Waals surface area contributed by atoms with Gasteiger partial charge >= 0.3 is 0 Å². The Bertz CT molecular complexity index is 739. The lowest BCUT2D eigenvalue weighted by atomic mass is 9.89. The molecule has 0 bridgehead atoms. The van der Waals surface area contributed by atoms with Crippen LogP contribution in [0, 0.1) is 0 Å². The highest BCUT2D eigenvalue weighted by atomic mass is 16.6. The third kappa shape index (κ3) is 8.62. The second kappa shape index (κ2) is 12.3. The molecule has 0 unspecified atom stereocenters. The summed E-state index contributed by atoms with van der Waals surface area (Å²) in [6.07, 6.45) is 15.7. The predicted molar refractivity (Wildman–Crippen MR) is 142 cm³/mol. The van der Waals surface area contributed by atoms with Gasteiger partial charge in [0.15, 0.2) is 0 Å². The fourth-order valence-electron chi connectivity index (χ4n) is 5.26. The van der Waals surface area contributed by atoms with Gasteiger partial charge in [-0.05, 0) is 120 Å². The minimum absolute atomic E-state index is 0.0384. The largest absolute Gasteiger partial charge is 0.390 e. The molecule has 2 aliphatic heterocycles. The van der Waals surface area contributed by atoms with Crippen LogP contribution < -0.4 is 0 Å². The Morgan fingerprint density at radius 1 is 0.912 bits per heavy atom. The monoisotopic (exact) mass is 476 g/mol. The zero-order chi connectivity index (χ0) is 25.6. The first-order chi connectivity index (χ1) is 15.7. The van der Waals surface area contributed by atoms with E-state index in [0.29, 0.717) is 6.42 Å². The number of hydrogen-bond donors (Lipinski definition) is 2. The van der Waals surface area contributed by atoms with E-state index in [1.807, 2.05) is 20.8 Å². The van der Waals surface area contributed by atoms with Crippen LogP contribution >= 0.6 is 0 Å². The van der Waals surface area contributed by atoms with Crippen molar-refractivity contribution in [3.63, 3.8) is 0 Å². The number of rotatable bonds is 12. The maximum atomic E-state index is 11.0. The first-order valence-corrected chi connectivity index (χ1v) is 13.5. The van der Waals surface area contributed by atoms with Crippen molar-refractivity contribution in [3.05, 3.63) is 34.9 Å². The average Bonchev–Trinajstić information content (AvgIpc) is 3.33. The van der Waals surface area contributed by atoms with Gasteiger partial charge in [-0.2, -0.15) is 0 Å². The average molecular weight is 477 g/mol. The van der Waals surface area contributed by atoms with Crippen molar-refractivity contribution in [3.8, 4) is 0 Å². The normalized spacial score (nSPS) is 31.7. The highest BCUT2D eigenvalue weighted by molar-refractivity contribution is 5.06. The molecule has 5 atom stereocenters. The van der Waals surface area contributed by atoms with Gasteiger partial charge in [0.05, 0.1) is 35.1 Å². The minimum atomic E-state index is -0.844. The third-order valence-corrected chi connectivity index (χ3v) is 7.86. The molecular weight excluding hydrogens is 424 g/mol. The molecule has 0 aromatic heterocycles. The van der Waals surface area contributed by atoms with Crippen molar-refractivity contribution in [2.45, 2.75) is 155 Å². The summed E-state index contributed by atoms with van der Waals surface area (Å²) in [4.78, 5) is 0. The molecule has 2 aliphatic rings. The lowest BCUT2D eigenvalue weighted by Crippen LogP contribution is -2.46. The summed E-state index contributed by atoms with van der Waals surface area (Å²) in [6.45, 7) is 16.5. The van der Waals surface area contributed by atoms with Crippen molar-refractivity contribution >= 4 is 0 Å². The van der Waals surface area contributed by atoms with Crippen LogP contribution in [0.5, 0.6) is 0 Å². The van der Waals surface area contributed by atoms with Crippen LogP contribution in [0.15, 0.2) is 34.9 Å². The highest BCUT2D eigenvalue weighted by Gasteiger charge is 2.53. The molecule has 0 aromatic rings. The van der Waals surface area contributed by atoms with E-state index >= 15 is 0 Å². The van der Waals surface area contributed by atoms with E-state index in [2.05, 4.69) is 52.8 Å². The van der Waals surface area contributed by atoms with E-state index in [-0.39, 0.29) is 12.2 Å². The molecule has 2 fully saturated rings. The van der Waals surface area contributed by atoms with Crippen LogP contribution in [0.25, 0.3) is 0 Å². The Morgan fingerprint density at radius 2 is 1.50 bits per heavy atom. The standard InChI is InChI=1S/C30H52O4/c1-22(2)12-9-13-23(3)14-10-15-24(4)16-11-17-25(31)29(7)20-19-27(34-29)30(8)21-18-26(33-30)28(5,6)32/h12,14,16,25-27,31-32H,9-11,13,15,17-21H2,1-8H3/b23-14+,24-16+/t25-,26-,27+,29+,30+/m1/s1. The first-order valence-electron chi connectivity index (χ1n) is 13.5. The molecule has 0 amide bonds. The van der Waals surface area contributed by atoms with Crippen LogP contribution in [0.2, 0.25) is 0 Å². The van der Waals surface area contributed by atoms with Gasteiger partial charge in [-0.3, -0.25) is 0 Å². The maximum absolute atomic E-state index is 11.0. The van der Waals surface area contributed by atoms with Gasteiger partial charge in [-0.1, -0.05) is 34.9 Å². The number of ether oxygens (including phenoxy) is 2. The van der Waals surface area contributed by atoms with Crippen molar-refractivity contribution in [2.24, 2.45) is 0 Å². The van der Waals surface area contributed by atoms with Crippen molar-refractivity contribution in [1.82, 2.24) is 0 Å². The molecule has 2 rings (SSSR count). The lowest BCUT2D eigenvalue weighted by molar-refractivity contribution is -0.190. The smallest absolute Gasteiger partial charge is 0.0921 e. The fraction of sp³-hybridized carbons (Fsp3) is 0.800. The van der Waals surface area contributed by atoms with Gasteiger partial charge in [0, 0.05) is 0 Å². The molecule has 2 saturated heterocycles. The Morgan fingerprint density at radius 3 is 2.06 bits per heavy atom. The Balaban J connectivity index is 1.76. The van der Waals surface area contributed by atoms with E-state index in [9.17, 15) is 10.2 Å². The Labute approximate surface area is 209 Å². The Hall–Kier alpha value is -0.940. The first kappa shape index (κ1) is 29.3. The molecule has 0 aliphatic carbocycles. The molecule has 0 aromatic carbocycles. The molecule has 4 heteroatoms. The lowest BCUT2D eigenvalue weighted by Gasteiger charge is -2.37. The van der Waals surface area contributed by atoms with Gasteiger partial charge in [0.2, 0.25) is 0 Å². The van der Waals surface area contributed by atoms with Gasteiger partial charge in [0.25, 0.3) is 0 Å². The molecular formula is C30H52O4. The summed E-state index contributed by atoms with van der Waals surface area (Å²) >= 11 is 0. The molecule has 0 radical (unpaired) electrons. The van der Waals surface area contributed by atoms with E-state index in [1.54, 1.807) is 0 Å². The van der Waals surface area contributed by atoms with Crippen molar-refractivity contribution < 1.29 is 19.7 Å². The molecule has 34 heavy (non-hydrogen) atoms. The van der Waals surface area contributed by atoms with Gasteiger partial charge in [-0.25, -0.2) is 0 Å². The van der Waals surface area contributed by atoms with Crippen LogP contribution in [0.3, 0.4) is 0 Å². The summed E-state index contributed by atoms with van der Waals surface area (Å²) in [5, 5.41) is 21.3. The maximum Gasteiger partial charge on any atom is 0.0921 e. The summed E-state index contributed by atoms with van der Waals surface area (Å²) in [5.74, 6) is 0. The van der Waals surface area contributed by atoms with Crippen molar-refractivity contribution in [2.75, 3.05) is 0 Å². The van der Waals surface area contributed by atoms with Crippen LogP contribution in [-0.4, -0.2) is 45.3 Å². The molecule has 196 valence electrons. The molecule has 2 heterocycles. The second-order valence-corrected chi connectivity index (χ2v) is 12.1. The van der Waals surface area contributed by atoms with E-state index in [0.717, 1.165) is 57.8 Å².